The fraction of sp³-hybridized carbons (Fsp3) is 0.500. The normalized spacial score (nSPS) is 13.8. The molecule has 1 unspecified atom stereocenters. The summed E-state index contributed by atoms with van der Waals surface area (Å²) in [5.74, 6) is 0. The molecular weight excluding hydrogens is 270 g/mol. The minimum Gasteiger partial charge on any atom is -0.395 e. The molecule has 0 bridgehead atoms. The first-order valence-electron chi connectivity index (χ1n) is 5.75. The lowest BCUT2D eigenvalue weighted by molar-refractivity contribution is 0.300. The van der Waals surface area contributed by atoms with Crippen molar-refractivity contribution < 1.29 is 13.5 Å². The smallest absolute Gasteiger partial charge is 0.240 e. The molecule has 1 atom stereocenters. The number of thioether (sulfide) groups is 1. The Morgan fingerprint density at radius 2 is 1.78 bits per heavy atom. The van der Waals surface area contributed by atoms with Crippen molar-refractivity contribution in [2.75, 3.05) is 6.61 Å². The third kappa shape index (κ3) is 4.61. The molecule has 0 saturated carbocycles. The summed E-state index contributed by atoms with van der Waals surface area (Å²) in [6.45, 7) is 5.57. The van der Waals surface area contributed by atoms with E-state index in [1.807, 2.05) is 6.92 Å². The number of nitrogens with one attached hydrogen (secondary N) is 1. The predicted molar refractivity (Wildman–Crippen MR) is 74.3 cm³/mol. The molecule has 0 radical (unpaired) electrons. The van der Waals surface area contributed by atoms with E-state index in [0.29, 0.717) is 0 Å². The lowest BCUT2D eigenvalue weighted by atomic mass is 10.4. The average molecular weight is 289 g/mol. The summed E-state index contributed by atoms with van der Waals surface area (Å²) in [5, 5.41) is 9.05. The van der Waals surface area contributed by atoms with Crippen molar-refractivity contribution in [1.82, 2.24) is 4.72 Å². The Morgan fingerprint density at radius 3 is 2.22 bits per heavy atom. The maximum Gasteiger partial charge on any atom is 0.240 e. The van der Waals surface area contributed by atoms with Crippen molar-refractivity contribution in [2.45, 2.75) is 41.9 Å². The van der Waals surface area contributed by atoms with Gasteiger partial charge in [0.2, 0.25) is 10.0 Å². The van der Waals surface area contributed by atoms with Gasteiger partial charge in [0.15, 0.2) is 0 Å². The Balaban J connectivity index is 2.83. The topological polar surface area (TPSA) is 66.4 Å². The van der Waals surface area contributed by atoms with Gasteiger partial charge in [-0.1, -0.05) is 6.92 Å². The first-order chi connectivity index (χ1) is 8.35. The molecule has 0 spiro atoms. The van der Waals surface area contributed by atoms with E-state index in [0.717, 1.165) is 4.90 Å². The van der Waals surface area contributed by atoms with Gasteiger partial charge in [-0.25, -0.2) is 13.1 Å². The van der Waals surface area contributed by atoms with Gasteiger partial charge in [-0.15, -0.1) is 11.8 Å². The van der Waals surface area contributed by atoms with E-state index in [1.165, 1.54) is 11.8 Å². The molecular formula is C12H19NO3S2. The van der Waals surface area contributed by atoms with E-state index >= 15 is 0 Å². The van der Waals surface area contributed by atoms with Crippen LogP contribution in [0, 0.1) is 0 Å². The second kappa shape index (κ2) is 6.56. The van der Waals surface area contributed by atoms with Crippen LogP contribution in [0.15, 0.2) is 34.1 Å². The van der Waals surface area contributed by atoms with Gasteiger partial charge in [-0.05, 0) is 38.1 Å². The summed E-state index contributed by atoms with van der Waals surface area (Å²) in [5.41, 5.74) is 0. The predicted octanol–water partition coefficient (Wildman–Crippen LogP) is 1.85. The van der Waals surface area contributed by atoms with Gasteiger partial charge in [0.05, 0.1) is 11.5 Å². The highest BCUT2D eigenvalue weighted by Crippen LogP contribution is 2.24. The van der Waals surface area contributed by atoms with Crippen LogP contribution < -0.4 is 4.72 Å². The van der Waals surface area contributed by atoms with Crippen LogP contribution in [0.2, 0.25) is 0 Å². The third-order valence-corrected chi connectivity index (χ3v) is 4.89. The van der Waals surface area contributed by atoms with E-state index in [9.17, 15) is 8.42 Å². The summed E-state index contributed by atoms with van der Waals surface area (Å²) in [6, 6.07) is 6.55. The number of rotatable bonds is 6. The minimum atomic E-state index is -3.42. The van der Waals surface area contributed by atoms with E-state index in [4.69, 9.17) is 5.11 Å². The van der Waals surface area contributed by atoms with Gasteiger partial charge in [0, 0.05) is 16.2 Å². The summed E-state index contributed by atoms with van der Waals surface area (Å²) >= 11 is 1.51. The van der Waals surface area contributed by atoms with Gasteiger partial charge >= 0.3 is 0 Å². The molecule has 1 aromatic rings. The van der Waals surface area contributed by atoms with Crippen molar-refractivity contribution in [1.29, 1.82) is 0 Å². The number of aliphatic hydroxyl groups is 1. The Kier molecular flexibility index (Phi) is 5.65. The molecule has 0 aliphatic heterocycles. The summed E-state index contributed by atoms with van der Waals surface area (Å²) < 4.78 is 26.3. The van der Waals surface area contributed by atoms with Gasteiger partial charge in [-0.2, -0.15) is 0 Å². The number of hydrogen-bond donors (Lipinski definition) is 2. The maximum absolute atomic E-state index is 11.9. The number of benzene rings is 1. The minimum absolute atomic E-state index is 0.0968. The molecule has 0 aliphatic carbocycles. The van der Waals surface area contributed by atoms with Crippen molar-refractivity contribution in [3.8, 4) is 0 Å². The highest BCUT2D eigenvalue weighted by atomic mass is 32.2. The monoisotopic (exact) mass is 289 g/mol. The maximum atomic E-state index is 11.9. The van der Waals surface area contributed by atoms with Crippen molar-refractivity contribution >= 4 is 21.8 Å². The van der Waals surface area contributed by atoms with Crippen molar-refractivity contribution in [2.24, 2.45) is 0 Å². The van der Waals surface area contributed by atoms with E-state index in [1.54, 1.807) is 38.1 Å². The van der Waals surface area contributed by atoms with Crippen LogP contribution in [-0.4, -0.2) is 31.4 Å². The molecule has 102 valence electrons. The highest BCUT2D eigenvalue weighted by Gasteiger charge is 2.15. The van der Waals surface area contributed by atoms with Crippen LogP contribution in [0.25, 0.3) is 0 Å². The highest BCUT2D eigenvalue weighted by molar-refractivity contribution is 8.00. The summed E-state index contributed by atoms with van der Waals surface area (Å²) in [6.07, 6.45) is 0. The SMILES string of the molecule is CC(C)NS(=O)(=O)c1ccc(SC(C)CO)cc1. The van der Waals surface area contributed by atoms with Crippen LogP contribution in [0.1, 0.15) is 20.8 Å². The van der Waals surface area contributed by atoms with Crippen LogP contribution in [0.5, 0.6) is 0 Å². The zero-order chi connectivity index (χ0) is 13.8. The molecule has 0 aromatic heterocycles. The lowest BCUT2D eigenvalue weighted by Gasteiger charge is -2.11. The van der Waals surface area contributed by atoms with Crippen LogP contribution in [-0.2, 0) is 10.0 Å². The second-order valence-electron chi connectivity index (χ2n) is 4.36. The Hall–Kier alpha value is -0.560. The molecule has 1 rings (SSSR count). The van der Waals surface area contributed by atoms with Gasteiger partial charge in [0.1, 0.15) is 0 Å². The van der Waals surface area contributed by atoms with Crippen molar-refractivity contribution in [3.63, 3.8) is 0 Å². The number of sulfonamides is 1. The fourth-order valence-electron chi connectivity index (χ4n) is 1.35. The first kappa shape index (κ1) is 15.5. The lowest BCUT2D eigenvalue weighted by Crippen LogP contribution is -2.30. The number of hydrogen-bond acceptors (Lipinski definition) is 4. The van der Waals surface area contributed by atoms with E-state index in [2.05, 4.69) is 4.72 Å². The first-order valence-corrected chi connectivity index (χ1v) is 8.11. The standard InChI is InChI=1S/C12H19NO3S2/c1-9(2)13-18(15,16)12-6-4-11(5-7-12)17-10(3)8-14/h4-7,9-10,13-14H,8H2,1-3H3. The molecule has 0 heterocycles. The molecule has 6 heteroatoms. The molecule has 0 fully saturated rings. The zero-order valence-electron chi connectivity index (χ0n) is 10.8. The molecule has 1 aromatic carbocycles. The van der Waals surface area contributed by atoms with Crippen molar-refractivity contribution in [3.05, 3.63) is 24.3 Å². The van der Waals surface area contributed by atoms with Gasteiger partial charge in [0.25, 0.3) is 0 Å². The van der Waals surface area contributed by atoms with E-state index in [-0.39, 0.29) is 22.8 Å². The zero-order valence-corrected chi connectivity index (χ0v) is 12.4. The average Bonchev–Trinajstić information content (AvgIpc) is 2.28. The van der Waals surface area contributed by atoms with Crippen LogP contribution >= 0.6 is 11.8 Å². The fourth-order valence-corrected chi connectivity index (χ4v) is 3.43. The Morgan fingerprint density at radius 1 is 1.22 bits per heavy atom. The van der Waals surface area contributed by atoms with Crippen LogP contribution in [0.3, 0.4) is 0 Å². The third-order valence-electron chi connectivity index (χ3n) is 2.12. The summed E-state index contributed by atoms with van der Waals surface area (Å²) in [7, 11) is -3.42. The number of aliphatic hydroxyl groups excluding tert-OH is 1. The molecule has 0 amide bonds. The van der Waals surface area contributed by atoms with Crippen LogP contribution in [0.4, 0.5) is 0 Å². The Bertz CT molecular complexity index is 469. The quantitative estimate of drug-likeness (QED) is 0.784. The molecule has 18 heavy (non-hydrogen) atoms. The second-order valence-corrected chi connectivity index (χ2v) is 7.58. The largest absolute Gasteiger partial charge is 0.395 e. The molecule has 0 aliphatic rings. The van der Waals surface area contributed by atoms with Gasteiger partial charge < -0.3 is 5.11 Å². The van der Waals surface area contributed by atoms with E-state index < -0.39 is 10.0 Å². The Labute approximate surface area is 113 Å². The molecule has 0 saturated heterocycles. The summed E-state index contributed by atoms with van der Waals surface area (Å²) in [4.78, 5) is 1.21. The van der Waals surface area contributed by atoms with Gasteiger partial charge in [-0.3, -0.25) is 0 Å². The molecule has 4 nitrogen and oxygen atoms in total. The molecule has 2 N–H and O–H groups in total.